The van der Waals surface area contributed by atoms with Crippen LogP contribution in [0.25, 0.3) is 5.65 Å². The zero-order valence-electron chi connectivity index (χ0n) is 19.5. The maximum absolute atomic E-state index is 12.9. The van der Waals surface area contributed by atoms with Gasteiger partial charge in [0.2, 0.25) is 5.91 Å². The van der Waals surface area contributed by atoms with Gasteiger partial charge in [-0.05, 0) is 72.6 Å². The Morgan fingerprint density at radius 1 is 0.914 bits per heavy atom. The standard InChI is InChI=1S/C28H28N6O/c35-28(24-11-23(24)20-3-1-2-19(10-20)17-4-5-17)33-26-12-25(30-16-31-26)29-13-22-15-34-14-21(18-6-7-18)8-9-27(34)32-22/h1-3,8-10,12,14-18,23-24H,4-7,11,13H2,(H2,29,30,31,33,35)/t23-,24?/m1/s1. The van der Waals surface area contributed by atoms with Crippen molar-refractivity contribution in [2.45, 2.75) is 56.4 Å². The molecule has 4 aromatic rings. The van der Waals surface area contributed by atoms with Crippen molar-refractivity contribution in [1.82, 2.24) is 19.4 Å². The minimum atomic E-state index is 0.00864. The number of carbonyl (C=O) groups excluding carboxylic acids is 1. The maximum Gasteiger partial charge on any atom is 0.229 e. The van der Waals surface area contributed by atoms with Crippen molar-refractivity contribution in [3.05, 3.63) is 83.6 Å². The van der Waals surface area contributed by atoms with Crippen LogP contribution in [0.15, 0.2) is 61.2 Å². The topological polar surface area (TPSA) is 84.2 Å². The van der Waals surface area contributed by atoms with Crippen molar-refractivity contribution >= 4 is 23.2 Å². The zero-order chi connectivity index (χ0) is 23.4. The normalized spacial score (nSPS) is 21.1. The highest BCUT2D eigenvalue weighted by Gasteiger charge is 2.44. The number of carbonyl (C=O) groups is 1. The molecule has 0 spiro atoms. The molecule has 1 unspecified atom stereocenters. The summed E-state index contributed by atoms with van der Waals surface area (Å²) in [5.41, 5.74) is 5.99. The molecule has 3 aliphatic rings. The largest absolute Gasteiger partial charge is 0.364 e. The number of benzene rings is 1. The third-order valence-corrected chi connectivity index (χ3v) is 7.46. The van der Waals surface area contributed by atoms with Crippen LogP contribution in [0.5, 0.6) is 0 Å². The number of nitrogens with zero attached hydrogens (tertiary/aromatic N) is 4. The molecule has 0 aliphatic heterocycles. The van der Waals surface area contributed by atoms with E-state index in [2.05, 4.69) is 73.8 Å². The van der Waals surface area contributed by atoms with E-state index in [-0.39, 0.29) is 11.8 Å². The van der Waals surface area contributed by atoms with E-state index in [1.807, 2.05) is 0 Å². The van der Waals surface area contributed by atoms with Crippen LogP contribution in [0, 0.1) is 5.92 Å². The molecule has 7 nitrogen and oxygen atoms in total. The molecular weight excluding hydrogens is 436 g/mol. The summed E-state index contributed by atoms with van der Waals surface area (Å²) in [7, 11) is 0. The lowest BCUT2D eigenvalue weighted by Gasteiger charge is -2.08. The van der Waals surface area contributed by atoms with E-state index in [0.717, 1.165) is 29.6 Å². The van der Waals surface area contributed by atoms with Gasteiger partial charge in [-0.15, -0.1) is 0 Å². The van der Waals surface area contributed by atoms with Crippen LogP contribution in [-0.2, 0) is 11.3 Å². The van der Waals surface area contributed by atoms with Crippen molar-refractivity contribution in [3.63, 3.8) is 0 Å². The molecule has 2 atom stereocenters. The average Bonchev–Trinajstić information content (AvgIpc) is 3.75. The predicted molar refractivity (Wildman–Crippen MR) is 134 cm³/mol. The number of hydrogen-bond acceptors (Lipinski definition) is 5. The van der Waals surface area contributed by atoms with Gasteiger partial charge in [0.15, 0.2) is 0 Å². The second-order valence-electron chi connectivity index (χ2n) is 10.3. The summed E-state index contributed by atoms with van der Waals surface area (Å²) in [5.74, 6) is 2.98. The van der Waals surface area contributed by atoms with Gasteiger partial charge in [-0.2, -0.15) is 0 Å². The third-order valence-electron chi connectivity index (χ3n) is 7.46. The molecule has 1 amide bonds. The molecule has 0 saturated heterocycles. The molecule has 0 bridgehead atoms. The maximum atomic E-state index is 12.9. The molecule has 2 N–H and O–H groups in total. The summed E-state index contributed by atoms with van der Waals surface area (Å²) in [6.07, 6.45) is 11.8. The smallest absolute Gasteiger partial charge is 0.229 e. The second-order valence-corrected chi connectivity index (χ2v) is 10.3. The van der Waals surface area contributed by atoms with Crippen LogP contribution < -0.4 is 10.6 Å². The first kappa shape index (κ1) is 20.6. The molecule has 3 fully saturated rings. The van der Waals surface area contributed by atoms with E-state index in [4.69, 9.17) is 4.98 Å². The number of amides is 1. The summed E-state index contributed by atoms with van der Waals surface area (Å²) in [6.45, 7) is 0.548. The summed E-state index contributed by atoms with van der Waals surface area (Å²) in [6, 6.07) is 14.9. The quantitative estimate of drug-likeness (QED) is 0.373. The van der Waals surface area contributed by atoms with Crippen molar-refractivity contribution in [3.8, 4) is 0 Å². The van der Waals surface area contributed by atoms with Crippen LogP contribution in [0.3, 0.4) is 0 Å². The Balaban J connectivity index is 0.973. The lowest BCUT2D eigenvalue weighted by molar-refractivity contribution is -0.117. The number of aromatic nitrogens is 4. The SMILES string of the molecule is O=C(Nc1cc(NCc2cn3cc(C4CC4)ccc3n2)ncn1)C1C[C@@H]1c1cccc(C2CC2)c1. The van der Waals surface area contributed by atoms with Gasteiger partial charge in [-0.1, -0.05) is 30.3 Å². The van der Waals surface area contributed by atoms with Crippen LogP contribution in [0.2, 0.25) is 0 Å². The van der Waals surface area contributed by atoms with E-state index in [1.54, 1.807) is 6.07 Å². The lowest BCUT2D eigenvalue weighted by Crippen LogP contribution is -2.16. The number of pyridine rings is 1. The molecule has 3 heterocycles. The first-order chi connectivity index (χ1) is 17.2. The van der Waals surface area contributed by atoms with E-state index in [9.17, 15) is 4.79 Å². The summed E-state index contributed by atoms with van der Waals surface area (Å²) in [5, 5.41) is 6.30. The highest BCUT2D eigenvalue weighted by Crippen LogP contribution is 2.49. The Labute approximate surface area is 204 Å². The Kier molecular flexibility index (Phi) is 4.82. The molecule has 0 radical (unpaired) electrons. The molecule has 3 saturated carbocycles. The van der Waals surface area contributed by atoms with E-state index < -0.39 is 0 Å². The molecule has 1 aromatic carbocycles. The van der Waals surface area contributed by atoms with Crippen molar-refractivity contribution < 1.29 is 4.79 Å². The van der Waals surface area contributed by atoms with Gasteiger partial charge in [0.25, 0.3) is 0 Å². The van der Waals surface area contributed by atoms with Crippen LogP contribution in [-0.4, -0.2) is 25.3 Å². The Morgan fingerprint density at radius 2 is 1.71 bits per heavy atom. The predicted octanol–water partition coefficient (Wildman–Crippen LogP) is 5.23. The molecule has 35 heavy (non-hydrogen) atoms. The lowest BCUT2D eigenvalue weighted by atomic mass is 10.0. The number of fused-ring (bicyclic) bond motifs is 1. The number of rotatable bonds is 8. The first-order valence-corrected chi connectivity index (χ1v) is 12.6. The molecule has 3 aromatic heterocycles. The number of imidazole rings is 1. The molecular formula is C28H28N6O. The number of hydrogen-bond donors (Lipinski definition) is 2. The fraction of sp³-hybridized carbons (Fsp3) is 0.357. The molecule has 3 aliphatic carbocycles. The van der Waals surface area contributed by atoms with Crippen LogP contribution in [0.1, 0.15) is 72.2 Å². The summed E-state index contributed by atoms with van der Waals surface area (Å²) < 4.78 is 2.10. The number of nitrogens with one attached hydrogen (secondary N) is 2. The Hall–Kier alpha value is -3.74. The highest BCUT2D eigenvalue weighted by molar-refractivity contribution is 5.94. The molecule has 7 rings (SSSR count). The Morgan fingerprint density at radius 3 is 2.57 bits per heavy atom. The number of anilines is 2. The van der Waals surface area contributed by atoms with E-state index >= 15 is 0 Å². The fourth-order valence-electron chi connectivity index (χ4n) is 5.04. The minimum Gasteiger partial charge on any atom is -0.364 e. The van der Waals surface area contributed by atoms with Crippen molar-refractivity contribution in [1.29, 1.82) is 0 Å². The van der Waals surface area contributed by atoms with Gasteiger partial charge in [0.1, 0.15) is 23.6 Å². The molecule has 7 heteroatoms. The van der Waals surface area contributed by atoms with Crippen molar-refractivity contribution in [2.75, 3.05) is 10.6 Å². The highest BCUT2D eigenvalue weighted by atomic mass is 16.2. The van der Waals surface area contributed by atoms with Gasteiger partial charge >= 0.3 is 0 Å². The van der Waals surface area contributed by atoms with E-state index in [1.165, 1.54) is 48.7 Å². The molecule has 176 valence electrons. The van der Waals surface area contributed by atoms with Gasteiger partial charge in [-0.25, -0.2) is 15.0 Å². The first-order valence-electron chi connectivity index (χ1n) is 12.6. The van der Waals surface area contributed by atoms with Gasteiger partial charge in [-0.3, -0.25) is 4.79 Å². The Bertz CT molecular complexity index is 1420. The van der Waals surface area contributed by atoms with Gasteiger partial charge in [0, 0.05) is 24.4 Å². The minimum absolute atomic E-state index is 0.00864. The second kappa shape index (κ2) is 8.18. The fourth-order valence-corrected chi connectivity index (χ4v) is 5.04. The van der Waals surface area contributed by atoms with Crippen molar-refractivity contribution in [2.24, 2.45) is 5.92 Å². The monoisotopic (exact) mass is 464 g/mol. The van der Waals surface area contributed by atoms with Crippen LogP contribution in [0.4, 0.5) is 11.6 Å². The summed E-state index contributed by atoms with van der Waals surface area (Å²) >= 11 is 0. The van der Waals surface area contributed by atoms with Gasteiger partial charge < -0.3 is 15.0 Å². The third kappa shape index (κ3) is 4.38. The zero-order valence-corrected chi connectivity index (χ0v) is 19.5. The van der Waals surface area contributed by atoms with E-state index in [0.29, 0.717) is 24.1 Å². The van der Waals surface area contributed by atoms with Gasteiger partial charge in [0.05, 0.1) is 12.2 Å². The summed E-state index contributed by atoms with van der Waals surface area (Å²) in [4.78, 5) is 26.1. The van der Waals surface area contributed by atoms with Crippen LogP contribution >= 0.6 is 0 Å². The average molecular weight is 465 g/mol.